The standard InChI is InChI=1S/C18H22ClN/c1-4-18(16-9-6-10-17(19)12-16)20-14(3)15-8-5-7-13(2)11-15/h5-12,14,18,20H,4H2,1-3H3/t14-,18?/m0/s1. The van der Waals surface area contributed by atoms with Crippen molar-refractivity contribution in [1.29, 1.82) is 0 Å². The number of nitrogens with one attached hydrogen (secondary N) is 1. The lowest BCUT2D eigenvalue weighted by molar-refractivity contribution is 0.456. The summed E-state index contributed by atoms with van der Waals surface area (Å²) in [7, 11) is 0. The van der Waals surface area contributed by atoms with E-state index in [1.165, 1.54) is 16.7 Å². The Hall–Kier alpha value is -1.31. The Morgan fingerprint density at radius 2 is 1.75 bits per heavy atom. The minimum absolute atomic E-state index is 0.318. The Bertz CT molecular complexity index is 565. The van der Waals surface area contributed by atoms with Crippen molar-refractivity contribution in [2.75, 3.05) is 0 Å². The minimum Gasteiger partial charge on any atom is -0.303 e. The van der Waals surface area contributed by atoms with Crippen LogP contribution in [0.1, 0.15) is 49.0 Å². The molecule has 2 aromatic carbocycles. The molecule has 1 N–H and O–H groups in total. The van der Waals surface area contributed by atoms with Gasteiger partial charge in [0.25, 0.3) is 0 Å². The van der Waals surface area contributed by atoms with E-state index in [9.17, 15) is 0 Å². The number of aryl methyl sites for hydroxylation is 1. The zero-order chi connectivity index (χ0) is 14.5. The minimum atomic E-state index is 0.318. The molecule has 0 aliphatic heterocycles. The van der Waals surface area contributed by atoms with Gasteiger partial charge < -0.3 is 5.32 Å². The van der Waals surface area contributed by atoms with Gasteiger partial charge in [0.15, 0.2) is 0 Å². The molecule has 2 rings (SSSR count). The number of hydrogen-bond donors (Lipinski definition) is 1. The molecule has 1 nitrogen and oxygen atoms in total. The molecule has 0 aliphatic rings. The molecule has 1 unspecified atom stereocenters. The third kappa shape index (κ3) is 3.84. The topological polar surface area (TPSA) is 12.0 Å². The fourth-order valence-electron chi connectivity index (χ4n) is 2.51. The second-order valence-electron chi connectivity index (χ2n) is 5.32. The Labute approximate surface area is 127 Å². The molecule has 0 saturated carbocycles. The predicted octanol–water partition coefficient (Wildman–Crippen LogP) is 5.45. The van der Waals surface area contributed by atoms with Crippen LogP contribution in [0.4, 0.5) is 0 Å². The summed E-state index contributed by atoms with van der Waals surface area (Å²) in [6.07, 6.45) is 1.04. The molecule has 106 valence electrons. The van der Waals surface area contributed by atoms with Gasteiger partial charge in [0, 0.05) is 17.1 Å². The Balaban J connectivity index is 2.14. The summed E-state index contributed by atoms with van der Waals surface area (Å²) in [4.78, 5) is 0. The average molecular weight is 288 g/mol. The van der Waals surface area contributed by atoms with Crippen molar-refractivity contribution in [2.45, 2.75) is 39.3 Å². The summed E-state index contributed by atoms with van der Waals surface area (Å²) < 4.78 is 0. The van der Waals surface area contributed by atoms with Gasteiger partial charge in [0.2, 0.25) is 0 Å². The predicted molar refractivity (Wildman–Crippen MR) is 87.2 cm³/mol. The highest BCUT2D eigenvalue weighted by Gasteiger charge is 2.14. The summed E-state index contributed by atoms with van der Waals surface area (Å²) in [5.41, 5.74) is 3.87. The van der Waals surface area contributed by atoms with Crippen LogP contribution in [0.15, 0.2) is 48.5 Å². The van der Waals surface area contributed by atoms with E-state index in [-0.39, 0.29) is 0 Å². The smallest absolute Gasteiger partial charge is 0.0409 e. The summed E-state index contributed by atoms with van der Waals surface area (Å²) in [5.74, 6) is 0. The molecule has 20 heavy (non-hydrogen) atoms. The molecule has 0 radical (unpaired) electrons. The van der Waals surface area contributed by atoms with E-state index < -0.39 is 0 Å². The first kappa shape index (κ1) is 15.1. The van der Waals surface area contributed by atoms with Crippen molar-refractivity contribution in [3.05, 3.63) is 70.2 Å². The van der Waals surface area contributed by atoms with Gasteiger partial charge in [-0.15, -0.1) is 0 Å². The molecule has 0 aromatic heterocycles. The van der Waals surface area contributed by atoms with Crippen molar-refractivity contribution < 1.29 is 0 Å². The maximum absolute atomic E-state index is 6.09. The summed E-state index contributed by atoms with van der Waals surface area (Å²) in [6, 6.07) is 17.4. The van der Waals surface area contributed by atoms with Gasteiger partial charge in [-0.1, -0.05) is 60.5 Å². The summed E-state index contributed by atoms with van der Waals surface area (Å²) in [5, 5.41) is 4.49. The normalized spacial score (nSPS) is 14.0. The van der Waals surface area contributed by atoms with Gasteiger partial charge in [-0.25, -0.2) is 0 Å². The van der Waals surface area contributed by atoms with Crippen LogP contribution in [0.25, 0.3) is 0 Å². The third-order valence-corrected chi connectivity index (χ3v) is 3.89. The van der Waals surface area contributed by atoms with Crippen LogP contribution in [0.2, 0.25) is 5.02 Å². The lowest BCUT2D eigenvalue weighted by Crippen LogP contribution is -2.24. The van der Waals surface area contributed by atoms with Crippen molar-refractivity contribution in [3.8, 4) is 0 Å². The SMILES string of the molecule is CCC(N[C@@H](C)c1cccc(C)c1)c1cccc(Cl)c1. The van der Waals surface area contributed by atoms with E-state index in [0.29, 0.717) is 12.1 Å². The lowest BCUT2D eigenvalue weighted by Gasteiger charge is -2.23. The zero-order valence-corrected chi connectivity index (χ0v) is 13.1. The van der Waals surface area contributed by atoms with Crippen molar-refractivity contribution in [3.63, 3.8) is 0 Å². The highest BCUT2D eigenvalue weighted by molar-refractivity contribution is 6.30. The van der Waals surface area contributed by atoms with E-state index in [2.05, 4.69) is 56.4 Å². The average Bonchev–Trinajstić information content (AvgIpc) is 2.44. The quantitative estimate of drug-likeness (QED) is 0.771. The largest absolute Gasteiger partial charge is 0.303 e. The highest BCUT2D eigenvalue weighted by atomic mass is 35.5. The van der Waals surface area contributed by atoms with Crippen LogP contribution >= 0.6 is 11.6 Å². The van der Waals surface area contributed by atoms with Crippen molar-refractivity contribution in [2.24, 2.45) is 0 Å². The zero-order valence-electron chi connectivity index (χ0n) is 12.4. The molecule has 0 aliphatic carbocycles. The molecule has 2 atom stereocenters. The summed E-state index contributed by atoms with van der Waals surface area (Å²) >= 11 is 6.09. The third-order valence-electron chi connectivity index (χ3n) is 3.65. The Morgan fingerprint density at radius 3 is 2.40 bits per heavy atom. The fourth-order valence-corrected chi connectivity index (χ4v) is 2.71. The Morgan fingerprint density at radius 1 is 1.05 bits per heavy atom. The first-order valence-corrected chi connectivity index (χ1v) is 7.56. The molecule has 0 fully saturated rings. The van der Waals surface area contributed by atoms with Gasteiger partial charge in [-0.3, -0.25) is 0 Å². The second-order valence-corrected chi connectivity index (χ2v) is 5.75. The van der Waals surface area contributed by atoms with Crippen LogP contribution in [0, 0.1) is 6.92 Å². The first-order valence-electron chi connectivity index (χ1n) is 7.18. The molecule has 2 aromatic rings. The molecular weight excluding hydrogens is 266 g/mol. The van der Waals surface area contributed by atoms with E-state index in [1.807, 2.05) is 18.2 Å². The van der Waals surface area contributed by atoms with E-state index in [1.54, 1.807) is 0 Å². The van der Waals surface area contributed by atoms with Gasteiger partial charge in [0.05, 0.1) is 0 Å². The number of rotatable bonds is 5. The van der Waals surface area contributed by atoms with Gasteiger partial charge in [-0.2, -0.15) is 0 Å². The molecule has 0 saturated heterocycles. The number of hydrogen-bond acceptors (Lipinski definition) is 1. The van der Waals surface area contributed by atoms with Crippen molar-refractivity contribution >= 4 is 11.6 Å². The van der Waals surface area contributed by atoms with Crippen LogP contribution in [0.5, 0.6) is 0 Å². The van der Waals surface area contributed by atoms with E-state index >= 15 is 0 Å². The molecule has 0 amide bonds. The highest BCUT2D eigenvalue weighted by Crippen LogP contribution is 2.24. The van der Waals surface area contributed by atoms with Crippen LogP contribution < -0.4 is 5.32 Å². The second kappa shape index (κ2) is 6.92. The fraction of sp³-hybridized carbons (Fsp3) is 0.333. The molecule has 0 spiro atoms. The number of halogens is 1. The molecular formula is C18H22ClN. The number of benzene rings is 2. The van der Waals surface area contributed by atoms with Crippen LogP contribution in [-0.4, -0.2) is 0 Å². The molecule has 0 bridgehead atoms. The van der Waals surface area contributed by atoms with Gasteiger partial charge in [0.1, 0.15) is 0 Å². The lowest BCUT2D eigenvalue weighted by atomic mass is 10.0. The van der Waals surface area contributed by atoms with E-state index in [0.717, 1.165) is 11.4 Å². The van der Waals surface area contributed by atoms with E-state index in [4.69, 9.17) is 11.6 Å². The van der Waals surface area contributed by atoms with Gasteiger partial charge >= 0.3 is 0 Å². The van der Waals surface area contributed by atoms with Crippen LogP contribution in [0.3, 0.4) is 0 Å². The monoisotopic (exact) mass is 287 g/mol. The Kier molecular flexibility index (Phi) is 5.22. The van der Waals surface area contributed by atoms with Crippen LogP contribution in [-0.2, 0) is 0 Å². The maximum atomic E-state index is 6.09. The first-order chi connectivity index (χ1) is 9.60. The maximum Gasteiger partial charge on any atom is 0.0409 e. The van der Waals surface area contributed by atoms with Crippen molar-refractivity contribution in [1.82, 2.24) is 5.32 Å². The van der Waals surface area contributed by atoms with Gasteiger partial charge in [-0.05, 0) is 43.5 Å². The molecule has 2 heteroatoms. The summed E-state index contributed by atoms with van der Waals surface area (Å²) in [6.45, 7) is 6.54. The molecule has 0 heterocycles.